The van der Waals surface area contributed by atoms with Gasteiger partial charge in [0.05, 0.1) is 22.1 Å². The largest absolute Gasteiger partial charge is 0.456 e. The second-order valence-electron chi connectivity index (χ2n) is 14.9. The fraction of sp³-hybridized carbons (Fsp3) is 0. The van der Waals surface area contributed by atoms with E-state index in [-0.39, 0.29) is 0 Å². The van der Waals surface area contributed by atoms with Gasteiger partial charge in [0.2, 0.25) is 0 Å². The van der Waals surface area contributed by atoms with Gasteiger partial charge in [-0.15, -0.1) is 11.3 Å². The van der Waals surface area contributed by atoms with E-state index in [4.69, 9.17) is 4.42 Å². The maximum Gasteiger partial charge on any atom is 0.137 e. The molecule has 4 heterocycles. The van der Waals surface area contributed by atoms with Gasteiger partial charge in [-0.1, -0.05) is 97.1 Å². The SMILES string of the molecule is c1ccc2cc(-n3c4ccccc4c4cc(-c5ccc6c(c5)c5ccccc5n6-c5ccc6c(c5)oc5ccc7c8ccccc8sc7c56)ccc43)ccc2c1. The van der Waals surface area contributed by atoms with Crippen LogP contribution in [0.15, 0.2) is 186 Å². The average Bonchev–Trinajstić information content (AvgIpc) is 4.00. The Kier molecular flexibility index (Phi) is 6.04. The molecule has 56 heavy (non-hydrogen) atoms. The minimum atomic E-state index is 0.904. The van der Waals surface area contributed by atoms with Gasteiger partial charge in [0.1, 0.15) is 11.2 Å². The zero-order valence-electron chi connectivity index (χ0n) is 30.0. The number of fused-ring (bicyclic) bond motifs is 14. The smallest absolute Gasteiger partial charge is 0.137 e. The van der Waals surface area contributed by atoms with Crippen molar-refractivity contribution in [3.63, 3.8) is 0 Å². The highest BCUT2D eigenvalue weighted by molar-refractivity contribution is 7.26. The lowest BCUT2D eigenvalue weighted by molar-refractivity contribution is 0.669. The molecule has 0 atom stereocenters. The molecule has 0 bridgehead atoms. The zero-order valence-corrected chi connectivity index (χ0v) is 30.8. The molecule has 13 aromatic rings. The Balaban J connectivity index is 0.967. The highest BCUT2D eigenvalue weighted by Gasteiger charge is 2.19. The molecule has 0 saturated carbocycles. The molecule has 0 fully saturated rings. The van der Waals surface area contributed by atoms with Crippen LogP contribution < -0.4 is 0 Å². The van der Waals surface area contributed by atoms with E-state index in [1.165, 1.54) is 96.8 Å². The molecule has 9 aromatic carbocycles. The Labute approximate surface area is 324 Å². The number of hydrogen-bond donors (Lipinski definition) is 0. The average molecular weight is 731 g/mol. The van der Waals surface area contributed by atoms with Gasteiger partial charge < -0.3 is 13.6 Å². The van der Waals surface area contributed by atoms with E-state index in [0.29, 0.717) is 0 Å². The van der Waals surface area contributed by atoms with Gasteiger partial charge in [-0.3, -0.25) is 0 Å². The van der Waals surface area contributed by atoms with Gasteiger partial charge >= 0.3 is 0 Å². The van der Waals surface area contributed by atoms with E-state index in [2.05, 4.69) is 191 Å². The summed E-state index contributed by atoms with van der Waals surface area (Å²) in [7, 11) is 0. The van der Waals surface area contributed by atoms with Crippen LogP contribution in [0, 0.1) is 0 Å². The van der Waals surface area contributed by atoms with Crippen molar-refractivity contribution in [1.82, 2.24) is 9.13 Å². The molecule has 4 heteroatoms. The fourth-order valence-corrected chi connectivity index (χ4v) is 10.6. The molecule has 0 spiro atoms. The number of rotatable bonds is 3. The minimum Gasteiger partial charge on any atom is -0.456 e. The standard InChI is InChI=1S/C52H30N2OS/c1-2-10-32-27-35(20-17-31(32)9-1)53-44-14-6-3-11-37(44)42-28-33(18-24-46(42)53)34-19-25-47-43(29-34)38-12-4-7-15-45(38)54(47)36-21-22-41-49(30-36)55-48-26-23-40-39-13-5-8-16-50(39)56-52(40)51(41)48/h1-30H. The normalized spacial score (nSPS) is 12.3. The number of aromatic nitrogens is 2. The van der Waals surface area contributed by atoms with Crippen molar-refractivity contribution >= 4 is 108 Å². The number of thiophene rings is 1. The molecule has 0 unspecified atom stereocenters. The number of benzene rings is 9. The highest BCUT2D eigenvalue weighted by Crippen LogP contribution is 2.44. The maximum atomic E-state index is 6.60. The Hall–Kier alpha value is -7.14. The fourth-order valence-electron chi connectivity index (χ4n) is 9.35. The first-order chi connectivity index (χ1) is 27.7. The first-order valence-electron chi connectivity index (χ1n) is 19.1. The lowest BCUT2D eigenvalue weighted by atomic mass is 10.0. The first kappa shape index (κ1) is 30.2. The molecule has 0 saturated heterocycles. The Morgan fingerprint density at radius 1 is 0.357 bits per heavy atom. The van der Waals surface area contributed by atoms with Crippen LogP contribution in [0.4, 0.5) is 0 Å². The predicted molar refractivity (Wildman–Crippen MR) is 238 cm³/mol. The van der Waals surface area contributed by atoms with E-state index in [1.807, 2.05) is 11.3 Å². The summed E-state index contributed by atoms with van der Waals surface area (Å²) in [5.41, 5.74) is 11.3. The molecule has 260 valence electrons. The van der Waals surface area contributed by atoms with Crippen molar-refractivity contribution in [2.75, 3.05) is 0 Å². The summed E-state index contributed by atoms with van der Waals surface area (Å²) in [6.07, 6.45) is 0. The monoisotopic (exact) mass is 730 g/mol. The summed E-state index contributed by atoms with van der Waals surface area (Å²) < 4.78 is 14.0. The highest BCUT2D eigenvalue weighted by atomic mass is 32.1. The van der Waals surface area contributed by atoms with E-state index < -0.39 is 0 Å². The second kappa shape index (κ2) is 11.2. The number of para-hydroxylation sites is 2. The molecular weight excluding hydrogens is 701 g/mol. The van der Waals surface area contributed by atoms with E-state index in [9.17, 15) is 0 Å². The summed E-state index contributed by atoms with van der Waals surface area (Å²) in [5.74, 6) is 0. The van der Waals surface area contributed by atoms with Crippen LogP contribution in [0.25, 0.3) is 119 Å². The molecule has 0 amide bonds. The summed E-state index contributed by atoms with van der Waals surface area (Å²) >= 11 is 1.85. The van der Waals surface area contributed by atoms with Crippen molar-refractivity contribution in [2.45, 2.75) is 0 Å². The van der Waals surface area contributed by atoms with E-state index in [0.717, 1.165) is 22.2 Å². The molecular formula is C52H30N2OS. The zero-order chi connectivity index (χ0) is 36.5. The van der Waals surface area contributed by atoms with Crippen LogP contribution >= 0.6 is 11.3 Å². The molecule has 0 N–H and O–H groups in total. The Morgan fingerprint density at radius 3 is 1.66 bits per heavy atom. The number of furan rings is 1. The summed E-state index contributed by atoms with van der Waals surface area (Å²) in [5, 5.41) is 12.4. The van der Waals surface area contributed by atoms with Crippen LogP contribution in [-0.2, 0) is 0 Å². The van der Waals surface area contributed by atoms with Crippen LogP contribution in [0.1, 0.15) is 0 Å². The molecule has 0 aliphatic heterocycles. The first-order valence-corrected chi connectivity index (χ1v) is 19.9. The van der Waals surface area contributed by atoms with Gasteiger partial charge in [0, 0.05) is 69.9 Å². The minimum absolute atomic E-state index is 0.904. The van der Waals surface area contributed by atoms with Gasteiger partial charge in [-0.25, -0.2) is 0 Å². The van der Waals surface area contributed by atoms with E-state index >= 15 is 0 Å². The molecule has 0 radical (unpaired) electrons. The lowest BCUT2D eigenvalue weighted by Crippen LogP contribution is -1.94. The van der Waals surface area contributed by atoms with Crippen LogP contribution in [0.2, 0.25) is 0 Å². The summed E-state index contributed by atoms with van der Waals surface area (Å²) in [6.45, 7) is 0. The van der Waals surface area contributed by atoms with Gasteiger partial charge in [0.15, 0.2) is 0 Å². The number of hydrogen-bond acceptors (Lipinski definition) is 2. The lowest BCUT2D eigenvalue weighted by Gasteiger charge is -2.10. The number of nitrogens with zero attached hydrogens (tertiary/aromatic N) is 2. The van der Waals surface area contributed by atoms with Crippen molar-refractivity contribution < 1.29 is 4.42 Å². The van der Waals surface area contributed by atoms with Crippen molar-refractivity contribution in [1.29, 1.82) is 0 Å². The van der Waals surface area contributed by atoms with Gasteiger partial charge in [-0.2, -0.15) is 0 Å². The summed E-state index contributed by atoms with van der Waals surface area (Å²) in [6, 6.07) is 66.5. The summed E-state index contributed by atoms with van der Waals surface area (Å²) in [4.78, 5) is 0. The third kappa shape index (κ3) is 4.16. The van der Waals surface area contributed by atoms with Crippen LogP contribution in [-0.4, -0.2) is 9.13 Å². The predicted octanol–water partition coefficient (Wildman–Crippen LogP) is 15.0. The maximum absolute atomic E-state index is 6.60. The molecule has 4 aromatic heterocycles. The third-order valence-electron chi connectivity index (χ3n) is 11.9. The van der Waals surface area contributed by atoms with E-state index in [1.54, 1.807) is 0 Å². The Morgan fingerprint density at radius 2 is 0.929 bits per heavy atom. The van der Waals surface area contributed by atoms with Crippen LogP contribution in [0.5, 0.6) is 0 Å². The van der Waals surface area contributed by atoms with Crippen molar-refractivity contribution in [2.24, 2.45) is 0 Å². The molecule has 0 aliphatic rings. The third-order valence-corrected chi connectivity index (χ3v) is 13.1. The molecule has 13 rings (SSSR count). The Bertz CT molecular complexity index is 3780. The second-order valence-corrected chi connectivity index (χ2v) is 15.9. The molecule has 3 nitrogen and oxygen atoms in total. The van der Waals surface area contributed by atoms with Crippen LogP contribution in [0.3, 0.4) is 0 Å². The van der Waals surface area contributed by atoms with Gasteiger partial charge in [0.25, 0.3) is 0 Å². The van der Waals surface area contributed by atoms with Crippen molar-refractivity contribution in [3.8, 4) is 22.5 Å². The van der Waals surface area contributed by atoms with Gasteiger partial charge in [-0.05, 0) is 101 Å². The quantitative estimate of drug-likeness (QED) is 0.177. The molecule has 0 aliphatic carbocycles. The topological polar surface area (TPSA) is 23.0 Å². The van der Waals surface area contributed by atoms with Crippen molar-refractivity contribution in [3.05, 3.63) is 182 Å².